The van der Waals surface area contributed by atoms with E-state index in [1.807, 2.05) is 43.3 Å². The maximum atomic E-state index is 12.1. The zero-order valence-electron chi connectivity index (χ0n) is 15.3. The third-order valence-corrected chi connectivity index (χ3v) is 4.00. The van der Waals surface area contributed by atoms with Gasteiger partial charge in [-0.3, -0.25) is 9.59 Å². The van der Waals surface area contributed by atoms with E-state index in [-0.39, 0.29) is 18.6 Å². The van der Waals surface area contributed by atoms with E-state index in [9.17, 15) is 9.59 Å². The van der Waals surface area contributed by atoms with Gasteiger partial charge in [-0.05, 0) is 44.4 Å². The lowest BCUT2D eigenvalue weighted by Gasteiger charge is -2.26. The van der Waals surface area contributed by atoms with Crippen LogP contribution in [0.3, 0.4) is 0 Å². The molecule has 0 aliphatic heterocycles. The highest BCUT2D eigenvalue weighted by atomic mass is 16.5. The summed E-state index contributed by atoms with van der Waals surface area (Å²) in [5, 5.41) is 2.89. The Morgan fingerprint density at radius 3 is 2.46 bits per heavy atom. The van der Waals surface area contributed by atoms with E-state index in [0.717, 1.165) is 17.6 Å². The normalized spacial score (nSPS) is 11.7. The number of ether oxygens (including phenoxy) is 2. The maximum absolute atomic E-state index is 12.1. The Morgan fingerprint density at radius 2 is 1.85 bits per heavy atom. The van der Waals surface area contributed by atoms with Crippen molar-refractivity contribution in [1.29, 1.82) is 0 Å². The molecular formula is C20H24N2O4. The average molecular weight is 356 g/mol. The lowest BCUT2D eigenvalue weighted by Crippen LogP contribution is -2.37. The van der Waals surface area contributed by atoms with Gasteiger partial charge >= 0.3 is 0 Å². The summed E-state index contributed by atoms with van der Waals surface area (Å²) in [7, 11) is 5.54. The molecule has 0 aliphatic rings. The van der Waals surface area contributed by atoms with Crippen molar-refractivity contribution in [3.8, 4) is 11.5 Å². The van der Waals surface area contributed by atoms with Crippen LogP contribution in [0, 0.1) is 0 Å². The van der Waals surface area contributed by atoms with E-state index in [1.165, 1.54) is 0 Å². The molecule has 0 saturated carbocycles. The lowest BCUT2D eigenvalue weighted by molar-refractivity contribution is -0.123. The van der Waals surface area contributed by atoms with E-state index in [1.54, 1.807) is 31.4 Å². The van der Waals surface area contributed by atoms with Crippen LogP contribution in [0.1, 0.15) is 22.0 Å². The minimum Gasteiger partial charge on any atom is -0.496 e. The van der Waals surface area contributed by atoms with Crippen LogP contribution in [0.2, 0.25) is 0 Å². The van der Waals surface area contributed by atoms with Gasteiger partial charge in [0.25, 0.3) is 5.91 Å². The molecule has 2 aromatic rings. The Kier molecular flexibility index (Phi) is 7.17. The van der Waals surface area contributed by atoms with Gasteiger partial charge in [0.05, 0.1) is 13.2 Å². The van der Waals surface area contributed by atoms with Crippen LogP contribution < -0.4 is 14.8 Å². The second-order valence-corrected chi connectivity index (χ2v) is 6.00. The number of carbonyl (C=O) groups is 2. The van der Waals surface area contributed by atoms with Gasteiger partial charge in [0, 0.05) is 17.7 Å². The molecular weight excluding hydrogens is 332 g/mol. The lowest BCUT2D eigenvalue weighted by atomic mass is 10.0. The first-order valence-electron chi connectivity index (χ1n) is 8.29. The molecule has 6 nitrogen and oxygen atoms in total. The Bertz CT molecular complexity index is 729. The number of carbonyl (C=O) groups excluding carboxylic acids is 2. The third-order valence-electron chi connectivity index (χ3n) is 4.00. The van der Waals surface area contributed by atoms with E-state index >= 15 is 0 Å². The van der Waals surface area contributed by atoms with E-state index in [4.69, 9.17) is 9.47 Å². The Balaban J connectivity index is 1.91. The zero-order chi connectivity index (χ0) is 18.9. The molecule has 0 saturated heterocycles. The Hall–Kier alpha value is -2.86. The van der Waals surface area contributed by atoms with Crippen molar-refractivity contribution in [3.05, 3.63) is 59.7 Å². The summed E-state index contributed by atoms with van der Waals surface area (Å²) < 4.78 is 10.9. The van der Waals surface area contributed by atoms with Crippen LogP contribution in [-0.2, 0) is 4.79 Å². The first kappa shape index (κ1) is 19.5. The number of nitrogens with zero attached hydrogens (tertiary/aromatic N) is 1. The molecule has 0 aliphatic carbocycles. The number of benzene rings is 2. The number of aldehydes is 1. The van der Waals surface area contributed by atoms with Crippen molar-refractivity contribution >= 4 is 12.2 Å². The molecule has 1 atom stereocenters. The fourth-order valence-electron chi connectivity index (χ4n) is 2.57. The molecule has 0 radical (unpaired) electrons. The van der Waals surface area contributed by atoms with Crippen LogP contribution in [0.25, 0.3) is 0 Å². The van der Waals surface area contributed by atoms with Crippen molar-refractivity contribution in [1.82, 2.24) is 10.2 Å². The zero-order valence-corrected chi connectivity index (χ0v) is 15.3. The molecule has 2 aromatic carbocycles. The second-order valence-electron chi connectivity index (χ2n) is 6.00. The summed E-state index contributed by atoms with van der Waals surface area (Å²) in [5.41, 5.74) is 1.57. The van der Waals surface area contributed by atoms with Gasteiger partial charge in [-0.15, -0.1) is 0 Å². The SMILES string of the molecule is COc1ccccc1C(CNC(=O)COc1ccc(C=O)cc1)N(C)C. The van der Waals surface area contributed by atoms with Crippen molar-refractivity contribution in [3.63, 3.8) is 0 Å². The maximum Gasteiger partial charge on any atom is 0.258 e. The smallest absolute Gasteiger partial charge is 0.258 e. The molecule has 1 amide bonds. The van der Waals surface area contributed by atoms with Crippen molar-refractivity contribution in [2.24, 2.45) is 0 Å². The highest BCUT2D eigenvalue weighted by Gasteiger charge is 2.19. The highest BCUT2D eigenvalue weighted by molar-refractivity contribution is 5.77. The Labute approximate surface area is 153 Å². The fourth-order valence-corrected chi connectivity index (χ4v) is 2.57. The number of nitrogens with one attached hydrogen (secondary N) is 1. The number of amides is 1. The van der Waals surface area contributed by atoms with Crippen LogP contribution in [-0.4, -0.2) is 51.5 Å². The molecule has 0 spiro atoms. The molecule has 1 N–H and O–H groups in total. The Morgan fingerprint density at radius 1 is 1.15 bits per heavy atom. The first-order valence-corrected chi connectivity index (χ1v) is 8.29. The van der Waals surface area contributed by atoms with Gasteiger partial charge in [-0.2, -0.15) is 0 Å². The fraction of sp³-hybridized carbons (Fsp3) is 0.300. The van der Waals surface area contributed by atoms with Gasteiger partial charge in [0.1, 0.15) is 17.8 Å². The summed E-state index contributed by atoms with van der Waals surface area (Å²) in [6.45, 7) is 0.339. The monoisotopic (exact) mass is 356 g/mol. The molecule has 0 fully saturated rings. The number of para-hydroxylation sites is 1. The van der Waals surface area contributed by atoms with Crippen molar-refractivity contribution in [2.45, 2.75) is 6.04 Å². The summed E-state index contributed by atoms with van der Waals surface area (Å²) in [6.07, 6.45) is 0.760. The highest BCUT2D eigenvalue weighted by Crippen LogP contribution is 2.27. The van der Waals surface area contributed by atoms with Gasteiger partial charge in [0.2, 0.25) is 0 Å². The predicted molar refractivity (Wildman–Crippen MR) is 99.8 cm³/mol. The van der Waals surface area contributed by atoms with Gasteiger partial charge in [0.15, 0.2) is 6.61 Å². The van der Waals surface area contributed by atoms with Crippen molar-refractivity contribution < 1.29 is 19.1 Å². The molecule has 0 aromatic heterocycles. The largest absolute Gasteiger partial charge is 0.496 e. The van der Waals surface area contributed by atoms with Crippen LogP contribution >= 0.6 is 0 Å². The van der Waals surface area contributed by atoms with Crippen LogP contribution in [0.5, 0.6) is 11.5 Å². The van der Waals surface area contributed by atoms with Gasteiger partial charge in [-0.1, -0.05) is 18.2 Å². The van der Waals surface area contributed by atoms with E-state index < -0.39 is 0 Å². The summed E-state index contributed by atoms with van der Waals surface area (Å²) in [5.74, 6) is 1.11. The minimum absolute atomic E-state index is 0.0259. The molecule has 0 bridgehead atoms. The first-order chi connectivity index (χ1) is 12.5. The van der Waals surface area contributed by atoms with E-state index in [0.29, 0.717) is 17.9 Å². The average Bonchev–Trinajstić information content (AvgIpc) is 2.67. The topological polar surface area (TPSA) is 67.9 Å². The van der Waals surface area contributed by atoms with Gasteiger partial charge in [-0.25, -0.2) is 0 Å². The minimum atomic E-state index is -0.216. The predicted octanol–water partition coefficient (Wildman–Crippen LogP) is 2.31. The summed E-state index contributed by atoms with van der Waals surface area (Å²) in [4.78, 5) is 24.8. The number of hydrogen-bond donors (Lipinski definition) is 1. The van der Waals surface area contributed by atoms with Crippen molar-refractivity contribution in [2.75, 3.05) is 34.4 Å². The summed E-state index contributed by atoms with van der Waals surface area (Å²) in [6, 6.07) is 14.3. The summed E-state index contributed by atoms with van der Waals surface area (Å²) >= 11 is 0. The molecule has 6 heteroatoms. The molecule has 0 heterocycles. The quantitative estimate of drug-likeness (QED) is 0.699. The number of rotatable bonds is 9. The number of methoxy groups -OCH3 is 1. The number of hydrogen-bond acceptors (Lipinski definition) is 5. The molecule has 26 heavy (non-hydrogen) atoms. The number of likely N-dealkylation sites (N-methyl/N-ethyl adjacent to an activating group) is 1. The molecule has 2 rings (SSSR count). The second kappa shape index (κ2) is 9.58. The van der Waals surface area contributed by atoms with Crippen LogP contribution in [0.15, 0.2) is 48.5 Å². The third kappa shape index (κ3) is 5.32. The molecule has 138 valence electrons. The van der Waals surface area contributed by atoms with Gasteiger partial charge < -0.3 is 19.7 Å². The standard InChI is InChI=1S/C20H24N2O4/c1-22(2)18(17-6-4-5-7-19(17)25-3)12-21-20(24)14-26-16-10-8-15(13-23)9-11-16/h4-11,13,18H,12,14H2,1-3H3,(H,21,24). The van der Waals surface area contributed by atoms with Crippen LogP contribution in [0.4, 0.5) is 0 Å². The molecule has 1 unspecified atom stereocenters. The van der Waals surface area contributed by atoms with E-state index in [2.05, 4.69) is 5.32 Å².